The van der Waals surface area contributed by atoms with Crippen molar-refractivity contribution in [1.82, 2.24) is 19.4 Å². The average Bonchev–Trinajstić information content (AvgIpc) is 3.24. The Hall–Kier alpha value is -0.910. The number of hydrogen-bond acceptors (Lipinski definition) is 4. The molecule has 1 aromatic rings. The lowest BCUT2D eigenvalue weighted by Crippen LogP contribution is -2.46. The third kappa shape index (κ3) is 3.14. The van der Waals surface area contributed by atoms with Gasteiger partial charge in [0.2, 0.25) is 0 Å². The maximum atomic E-state index is 5.50. The Morgan fingerprint density at radius 3 is 2.54 bits per heavy atom. The zero-order valence-corrected chi connectivity index (χ0v) is 15.3. The van der Waals surface area contributed by atoms with Gasteiger partial charge in [-0.1, -0.05) is 13.8 Å². The summed E-state index contributed by atoms with van der Waals surface area (Å²) in [5.74, 6) is 1.27. The molecular weight excluding hydrogens is 300 g/mol. The van der Waals surface area contributed by atoms with Crippen molar-refractivity contribution in [2.75, 3.05) is 45.9 Å². The van der Waals surface area contributed by atoms with Gasteiger partial charge in [-0.15, -0.1) is 0 Å². The lowest BCUT2D eigenvalue weighted by atomic mass is 9.89. The summed E-state index contributed by atoms with van der Waals surface area (Å²) < 4.78 is 8.03. The molecule has 0 spiro atoms. The molecule has 0 aliphatic carbocycles. The first-order valence-electron chi connectivity index (χ1n) is 9.73. The highest BCUT2D eigenvalue weighted by atomic mass is 16.5. The summed E-state index contributed by atoms with van der Waals surface area (Å²) in [6.07, 6.45) is 9.60. The van der Waals surface area contributed by atoms with Crippen molar-refractivity contribution in [3.8, 4) is 0 Å². The normalized spacial score (nSPS) is 29.8. The minimum absolute atomic E-state index is 0.0712. The molecule has 0 radical (unpaired) electrons. The summed E-state index contributed by atoms with van der Waals surface area (Å²) in [5.41, 5.74) is 0.0712. The second-order valence-corrected chi connectivity index (χ2v) is 8.39. The molecule has 0 saturated carbocycles. The van der Waals surface area contributed by atoms with Gasteiger partial charge < -0.3 is 9.30 Å². The van der Waals surface area contributed by atoms with Crippen LogP contribution in [0.3, 0.4) is 0 Å². The minimum Gasteiger partial charge on any atom is -0.379 e. The van der Waals surface area contributed by atoms with Gasteiger partial charge in [0.15, 0.2) is 0 Å². The molecule has 0 unspecified atom stereocenters. The largest absolute Gasteiger partial charge is 0.379 e. The predicted octanol–water partition coefficient (Wildman–Crippen LogP) is 2.29. The summed E-state index contributed by atoms with van der Waals surface area (Å²) in [5, 5.41) is 0. The highest BCUT2D eigenvalue weighted by molar-refractivity contribution is 5.11. The van der Waals surface area contributed by atoms with E-state index in [1.54, 1.807) is 0 Å². The quantitative estimate of drug-likeness (QED) is 0.847. The molecule has 2 atom stereocenters. The summed E-state index contributed by atoms with van der Waals surface area (Å²) in [7, 11) is 0. The van der Waals surface area contributed by atoms with Crippen LogP contribution in [-0.2, 0) is 10.2 Å². The van der Waals surface area contributed by atoms with Crippen LogP contribution >= 0.6 is 0 Å². The molecule has 134 valence electrons. The topological polar surface area (TPSA) is 33.5 Å². The first-order chi connectivity index (χ1) is 11.6. The van der Waals surface area contributed by atoms with Gasteiger partial charge in [-0.05, 0) is 38.8 Å². The smallest absolute Gasteiger partial charge is 0.115 e. The first-order valence-corrected chi connectivity index (χ1v) is 9.73. The van der Waals surface area contributed by atoms with E-state index in [1.807, 2.05) is 6.20 Å². The van der Waals surface area contributed by atoms with Crippen LogP contribution in [-0.4, -0.2) is 71.3 Å². The van der Waals surface area contributed by atoms with Crippen molar-refractivity contribution < 1.29 is 4.74 Å². The molecule has 3 aliphatic rings. The molecule has 3 aliphatic heterocycles. The highest BCUT2D eigenvalue weighted by Crippen LogP contribution is 2.37. The first kappa shape index (κ1) is 16.6. The third-order valence-electron chi connectivity index (χ3n) is 6.16. The second-order valence-electron chi connectivity index (χ2n) is 8.39. The fraction of sp³-hybridized carbons (Fsp3) is 0.842. The Morgan fingerprint density at radius 1 is 1.08 bits per heavy atom. The molecule has 0 N–H and O–H groups in total. The highest BCUT2D eigenvalue weighted by Gasteiger charge is 2.38. The molecular formula is C19H32N4O. The molecule has 5 heteroatoms. The molecule has 1 aromatic heterocycles. The van der Waals surface area contributed by atoms with Gasteiger partial charge in [0, 0.05) is 43.5 Å². The van der Waals surface area contributed by atoms with Crippen molar-refractivity contribution in [3.63, 3.8) is 0 Å². The maximum Gasteiger partial charge on any atom is 0.115 e. The van der Waals surface area contributed by atoms with E-state index < -0.39 is 0 Å². The number of nitrogens with zero attached hydrogens (tertiary/aromatic N) is 4. The fourth-order valence-corrected chi connectivity index (χ4v) is 5.08. The number of imidazole rings is 1. The number of fused-ring (bicyclic) bond motifs is 1. The summed E-state index contributed by atoms with van der Waals surface area (Å²) >= 11 is 0. The van der Waals surface area contributed by atoms with Crippen molar-refractivity contribution >= 4 is 0 Å². The van der Waals surface area contributed by atoms with Gasteiger partial charge in [-0.25, -0.2) is 4.98 Å². The summed E-state index contributed by atoms with van der Waals surface area (Å²) in [6.45, 7) is 12.2. The Bertz CT molecular complexity index is 549. The predicted molar refractivity (Wildman–Crippen MR) is 95.4 cm³/mol. The monoisotopic (exact) mass is 332 g/mol. The van der Waals surface area contributed by atoms with Crippen LogP contribution in [0.1, 0.15) is 51.4 Å². The van der Waals surface area contributed by atoms with E-state index in [0.29, 0.717) is 6.04 Å². The van der Waals surface area contributed by atoms with Crippen LogP contribution in [0, 0.1) is 0 Å². The van der Waals surface area contributed by atoms with Crippen LogP contribution in [0.4, 0.5) is 0 Å². The third-order valence-corrected chi connectivity index (χ3v) is 6.16. The minimum atomic E-state index is 0.0712. The van der Waals surface area contributed by atoms with Gasteiger partial charge in [-0.3, -0.25) is 9.80 Å². The number of aromatic nitrogens is 2. The second kappa shape index (κ2) is 6.77. The van der Waals surface area contributed by atoms with E-state index in [1.165, 1.54) is 44.6 Å². The van der Waals surface area contributed by atoms with Crippen molar-refractivity contribution in [2.24, 2.45) is 0 Å². The Labute approximate surface area is 146 Å². The average molecular weight is 332 g/mol. The Balaban J connectivity index is 1.54. The molecule has 3 fully saturated rings. The van der Waals surface area contributed by atoms with Crippen LogP contribution in [0.25, 0.3) is 0 Å². The summed E-state index contributed by atoms with van der Waals surface area (Å²) in [6, 6.07) is 1.34. The van der Waals surface area contributed by atoms with Gasteiger partial charge >= 0.3 is 0 Å². The zero-order valence-electron chi connectivity index (χ0n) is 15.3. The number of piperidine rings is 1. The van der Waals surface area contributed by atoms with E-state index in [4.69, 9.17) is 9.72 Å². The van der Waals surface area contributed by atoms with Gasteiger partial charge in [0.05, 0.1) is 19.3 Å². The van der Waals surface area contributed by atoms with Crippen LogP contribution < -0.4 is 0 Å². The number of morpholine rings is 1. The molecule has 0 amide bonds. The van der Waals surface area contributed by atoms with Crippen molar-refractivity contribution in [2.45, 2.75) is 57.0 Å². The van der Waals surface area contributed by atoms with Gasteiger partial charge in [0.1, 0.15) is 5.82 Å². The molecule has 24 heavy (non-hydrogen) atoms. The van der Waals surface area contributed by atoms with Gasteiger partial charge in [0.25, 0.3) is 0 Å². The van der Waals surface area contributed by atoms with Crippen LogP contribution in [0.2, 0.25) is 0 Å². The van der Waals surface area contributed by atoms with E-state index in [9.17, 15) is 0 Å². The molecule has 4 rings (SSSR count). The number of ether oxygens (including phenoxy) is 1. The zero-order chi connectivity index (χ0) is 16.6. The Kier molecular flexibility index (Phi) is 4.67. The molecule has 3 saturated heterocycles. The van der Waals surface area contributed by atoms with E-state index in [-0.39, 0.29) is 5.41 Å². The molecule has 4 heterocycles. The Morgan fingerprint density at radius 2 is 1.79 bits per heavy atom. The lowest BCUT2D eigenvalue weighted by Gasteiger charge is -2.40. The van der Waals surface area contributed by atoms with Crippen LogP contribution in [0.5, 0.6) is 0 Å². The lowest BCUT2D eigenvalue weighted by molar-refractivity contribution is 0.0281. The fourth-order valence-electron chi connectivity index (χ4n) is 5.08. The van der Waals surface area contributed by atoms with Crippen molar-refractivity contribution in [1.29, 1.82) is 0 Å². The SMILES string of the molecule is CC(C)(CN1CCOCC1)c1nccn1[C@@H]1CCCN2CCC[C@H]12. The van der Waals surface area contributed by atoms with E-state index in [0.717, 1.165) is 38.9 Å². The number of rotatable bonds is 4. The maximum absolute atomic E-state index is 5.50. The van der Waals surface area contributed by atoms with Crippen LogP contribution in [0.15, 0.2) is 12.4 Å². The molecule has 0 bridgehead atoms. The van der Waals surface area contributed by atoms with Crippen molar-refractivity contribution in [3.05, 3.63) is 18.2 Å². The van der Waals surface area contributed by atoms with E-state index >= 15 is 0 Å². The van der Waals surface area contributed by atoms with Gasteiger partial charge in [-0.2, -0.15) is 0 Å². The molecule has 5 nitrogen and oxygen atoms in total. The van der Waals surface area contributed by atoms with E-state index in [2.05, 4.69) is 34.4 Å². The molecule has 0 aromatic carbocycles. The standard InChI is InChI=1S/C19H32N4O/c1-19(2,15-21-11-13-24-14-12-21)18-20-7-10-23(18)17-6-4-9-22-8-3-5-16(17)22/h7,10,16-17H,3-6,8-9,11-15H2,1-2H3/t16-,17-/m1/s1. The number of hydrogen-bond donors (Lipinski definition) is 0. The summed E-state index contributed by atoms with van der Waals surface area (Å²) in [4.78, 5) is 10.1.